The van der Waals surface area contributed by atoms with Gasteiger partial charge in [0.1, 0.15) is 5.69 Å². The highest BCUT2D eigenvalue weighted by atomic mass is 19.4. The maximum atomic E-state index is 13.2. The molecule has 2 aromatic heterocycles. The van der Waals surface area contributed by atoms with Crippen LogP contribution in [0.4, 0.5) is 37.7 Å². The fourth-order valence-corrected chi connectivity index (χ4v) is 4.47. The summed E-state index contributed by atoms with van der Waals surface area (Å²) in [7, 11) is 0. The fourth-order valence-electron chi connectivity index (χ4n) is 4.47. The molecule has 0 saturated carbocycles. The Kier molecular flexibility index (Phi) is 6.70. The number of fused-ring (bicyclic) bond motifs is 1. The van der Waals surface area contributed by atoms with Crippen LogP contribution in [0.5, 0.6) is 0 Å². The Labute approximate surface area is 206 Å². The van der Waals surface area contributed by atoms with E-state index < -0.39 is 48.1 Å². The van der Waals surface area contributed by atoms with Gasteiger partial charge >= 0.3 is 18.3 Å². The van der Waals surface area contributed by atoms with Gasteiger partial charge in [0.25, 0.3) is 0 Å². The summed E-state index contributed by atoms with van der Waals surface area (Å²) in [4.78, 5) is 32.0. The summed E-state index contributed by atoms with van der Waals surface area (Å²) < 4.78 is 77.6. The monoisotopic (exact) mass is 523 g/mol. The number of pyridine rings is 2. The number of benzene rings is 1. The molecule has 0 fully saturated rings. The summed E-state index contributed by atoms with van der Waals surface area (Å²) in [6, 6.07) is 9.89. The van der Waals surface area contributed by atoms with Crippen LogP contribution in [0.1, 0.15) is 40.9 Å². The van der Waals surface area contributed by atoms with Crippen molar-refractivity contribution >= 4 is 23.1 Å². The number of carbonyl (C=O) groups excluding carboxylic acids is 1. The number of ketones is 1. The number of Topliss-reactive ketones (excluding diaryl/α,β-unsaturated/α-hetero) is 1. The number of hydrogen-bond donors (Lipinski definition) is 2. The zero-order valence-electron chi connectivity index (χ0n) is 19.0. The van der Waals surface area contributed by atoms with Gasteiger partial charge in [0.05, 0.1) is 47.7 Å². The standard InChI is InChI=1S/C25H19F6N3O3/c26-24(27,28)13-23(10-21(35)36)8-7-14-9-15(1-4-18(14)22(23)37)19-5-2-16(11-32-19)34-17-3-6-20(33-12-17)25(29,30)31/h1-6,9,11-12,34H,7-8,10,13H2,(H,35,36). The summed E-state index contributed by atoms with van der Waals surface area (Å²) >= 11 is 0. The zero-order valence-corrected chi connectivity index (χ0v) is 19.0. The van der Waals surface area contributed by atoms with Crippen molar-refractivity contribution in [3.63, 3.8) is 0 Å². The van der Waals surface area contributed by atoms with Crippen molar-refractivity contribution in [2.45, 2.75) is 38.0 Å². The van der Waals surface area contributed by atoms with Gasteiger partial charge in [-0.05, 0) is 48.7 Å². The molecule has 1 aliphatic rings. The average Bonchev–Trinajstić information content (AvgIpc) is 2.80. The lowest BCUT2D eigenvalue weighted by atomic mass is 9.66. The second-order valence-electron chi connectivity index (χ2n) is 8.83. The lowest BCUT2D eigenvalue weighted by Gasteiger charge is -2.36. The molecule has 1 atom stereocenters. The molecule has 2 N–H and O–H groups in total. The van der Waals surface area contributed by atoms with E-state index in [4.69, 9.17) is 5.11 Å². The van der Waals surface area contributed by atoms with Crippen LogP contribution in [0.15, 0.2) is 54.9 Å². The topological polar surface area (TPSA) is 92.2 Å². The molecule has 0 radical (unpaired) electrons. The van der Waals surface area contributed by atoms with E-state index in [0.717, 1.165) is 12.3 Å². The second kappa shape index (κ2) is 9.49. The number of carboxylic acids is 1. The molecule has 0 amide bonds. The molecular formula is C25H19F6N3O3. The van der Waals surface area contributed by atoms with E-state index >= 15 is 0 Å². The molecule has 1 unspecified atom stereocenters. The number of alkyl halides is 6. The van der Waals surface area contributed by atoms with Gasteiger partial charge in [0, 0.05) is 11.1 Å². The first kappa shape index (κ1) is 26.1. The zero-order chi connectivity index (χ0) is 27.0. The molecule has 2 heterocycles. The van der Waals surface area contributed by atoms with Gasteiger partial charge in [-0.1, -0.05) is 12.1 Å². The van der Waals surface area contributed by atoms with Gasteiger partial charge < -0.3 is 10.4 Å². The van der Waals surface area contributed by atoms with Gasteiger partial charge in [0.2, 0.25) is 0 Å². The van der Waals surface area contributed by atoms with Crippen LogP contribution in [-0.2, 0) is 17.4 Å². The lowest BCUT2D eigenvalue weighted by molar-refractivity contribution is -0.160. The van der Waals surface area contributed by atoms with Gasteiger partial charge in [-0.2, -0.15) is 26.3 Å². The molecule has 194 valence electrons. The number of rotatable bonds is 6. The first-order valence-electron chi connectivity index (χ1n) is 11.0. The fraction of sp³-hybridized carbons (Fsp3) is 0.280. The van der Waals surface area contributed by atoms with Crippen LogP contribution in [0.3, 0.4) is 0 Å². The molecular weight excluding hydrogens is 504 g/mol. The second-order valence-corrected chi connectivity index (χ2v) is 8.83. The SMILES string of the molecule is O=C(O)CC1(CC(F)(F)F)CCc2cc(-c3ccc(Nc4ccc(C(F)(F)F)nc4)cn3)ccc2C1=O. The normalized spacial score (nSPS) is 17.8. The molecule has 12 heteroatoms. The Morgan fingerprint density at radius 1 is 0.973 bits per heavy atom. The minimum Gasteiger partial charge on any atom is -0.481 e. The molecule has 4 rings (SSSR count). The van der Waals surface area contributed by atoms with Crippen LogP contribution in [0.2, 0.25) is 0 Å². The highest BCUT2D eigenvalue weighted by Crippen LogP contribution is 2.46. The van der Waals surface area contributed by atoms with E-state index in [1.54, 1.807) is 18.2 Å². The minimum atomic E-state index is -4.70. The molecule has 1 aliphatic carbocycles. The highest BCUT2D eigenvalue weighted by Gasteiger charge is 2.51. The summed E-state index contributed by atoms with van der Waals surface area (Å²) in [5, 5.41) is 12.0. The average molecular weight is 523 g/mol. The van der Waals surface area contributed by atoms with E-state index in [9.17, 15) is 35.9 Å². The van der Waals surface area contributed by atoms with E-state index in [1.165, 1.54) is 24.4 Å². The summed E-state index contributed by atoms with van der Waals surface area (Å²) in [5.41, 5.74) is -0.616. The Balaban J connectivity index is 1.53. The molecule has 0 bridgehead atoms. The van der Waals surface area contributed by atoms with Crippen LogP contribution in [0, 0.1) is 5.41 Å². The number of nitrogens with zero attached hydrogens (tertiary/aromatic N) is 2. The Morgan fingerprint density at radius 3 is 2.19 bits per heavy atom. The molecule has 0 spiro atoms. The quantitative estimate of drug-likeness (QED) is 0.361. The van der Waals surface area contributed by atoms with Crippen molar-refractivity contribution in [1.82, 2.24) is 9.97 Å². The van der Waals surface area contributed by atoms with Gasteiger partial charge in [-0.15, -0.1) is 0 Å². The molecule has 1 aromatic carbocycles. The highest BCUT2D eigenvalue weighted by molar-refractivity contribution is 6.04. The van der Waals surface area contributed by atoms with E-state index in [1.807, 2.05) is 0 Å². The van der Waals surface area contributed by atoms with E-state index in [0.29, 0.717) is 28.2 Å². The number of anilines is 2. The Morgan fingerprint density at radius 2 is 1.65 bits per heavy atom. The molecule has 0 saturated heterocycles. The lowest BCUT2D eigenvalue weighted by Crippen LogP contribution is -2.41. The number of aryl methyl sites for hydroxylation is 1. The third-order valence-electron chi connectivity index (χ3n) is 6.13. The summed E-state index contributed by atoms with van der Waals surface area (Å²) in [5.74, 6) is -2.31. The molecule has 6 nitrogen and oxygen atoms in total. The van der Waals surface area contributed by atoms with Crippen LogP contribution in [-0.4, -0.2) is 33.0 Å². The Hall–Kier alpha value is -3.96. The summed E-state index contributed by atoms with van der Waals surface area (Å²) in [6.07, 6.45) is -9.31. The van der Waals surface area contributed by atoms with Crippen LogP contribution in [0.25, 0.3) is 11.3 Å². The number of halogens is 6. The number of carboxylic acid groups (broad SMARTS) is 1. The van der Waals surface area contributed by atoms with E-state index in [-0.39, 0.29) is 18.4 Å². The summed E-state index contributed by atoms with van der Waals surface area (Å²) in [6.45, 7) is 0. The Bertz CT molecular complexity index is 1320. The maximum absolute atomic E-state index is 13.2. The van der Waals surface area contributed by atoms with Crippen molar-refractivity contribution in [1.29, 1.82) is 0 Å². The number of carbonyl (C=O) groups is 2. The first-order chi connectivity index (χ1) is 17.3. The minimum absolute atomic E-state index is 0.0635. The van der Waals surface area contributed by atoms with Gasteiger partial charge in [-0.25, -0.2) is 4.98 Å². The van der Waals surface area contributed by atoms with Crippen molar-refractivity contribution in [2.75, 3.05) is 5.32 Å². The number of nitrogens with one attached hydrogen (secondary N) is 1. The third kappa shape index (κ3) is 5.89. The van der Waals surface area contributed by atoms with Crippen LogP contribution >= 0.6 is 0 Å². The number of hydrogen-bond acceptors (Lipinski definition) is 5. The molecule has 37 heavy (non-hydrogen) atoms. The van der Waals surface area contributed by atoms with Gasteiger partial charge in [0.15, 0.2) is 5.78 Å². The third-order valence-corrected chi connectivity index (χ3v) is 6.13. The number of aliphatic carboxylic acids is 1. The first-order valence-corrected chi connectivity index (χ1v) is 11.0. The van der Waals surface area contributed by atoms with E-state index in [2.05, 4.69) is 15.3 Å². The van der Waals surface area contributed by atoms with Gasteiger partial charge in [-0.3, -0.25) is 14.6 Å². The largest absolute Gasteiger partial charge is 0.481 e. The van der Waals surface area contributed by atoms with Crippen molar-refractivity contribution in [3.8, 4) is 11.3 Å². The van der Waals surface area contributed by atoms with Crippen molar-refractivity contribution in [2.24, 2.45) is 5.41 Å². The smallest absolute Gasteiger partial charge is 0.433 e. The molecule has 3 aromatic rings. The number of aromatic nitrogens is 2. The van der Waals surface area contributed by atoms with Crippen molar-refractivity contribution < 1.29 is 41.0 Å². The maximum Gasteiger partial charge on any atom is 0.433 e. The predicted molar refractivity (Wildman–Crippen MR) is 120 cm³/mol. The van der Waals surface area contributed by atoms with Crippen LogP contribution < -0.4 is 5.32 Å². The predicted octanol–water partition coefficient (Wildman–Crippen LogP) is 6.45. The molecule has 0 aliphatic heterocycles. The van der Waals surface area contributed by atoms with Crippen molar-refractivity contribution in [3.05, 3.63) is 71.7 Å².